The summed E-state index contributed by atoms with van der Waals surface area (Å²) in [6.07, 6.45) is 2.56. The van der Waals surface area contributed by atoms with Crippen LogP contribution in [0.15, 0.2) is 53.1 Å². The van der Waals surface area contributed by atoms with Crippen LogP contribution in [0.4, 0.5) is 0 Å². The Balaban J connectivity index is 1.71. The molecule has 32 heavy (non-hydrogen) atoms. The van der Waals surface area contributed by atoms with E-state index in [4.69, 9.17) is 20.8 Å². The molecule has 1 saturated heterocycles. The van der Waals surface area contributed by atoms with Crippen molar-refractivity contribution in [2.45, 2.75) is 18.9 Å². The molecule has 3 aromatic rings. The minimum atomic E-state index is -3.15. The fourth-order valence-corrected chi connectivity index (χ4v) is 5.80. The topological polar surface area (TPSA) is 94.6 Å². The van der Waals surface area contributed by atoms with Gasteiger partial charge in [0, 0.05) is 37.4 Å². The molecule has 1 aliphatic heterocycles. The predicted octanol–water partition coefficient (Wildman–Crippen LogP) is 3.45. The van der Waals surface area contributed by atoms with Gasteiger partial charge in [0.25, 0.3) is 5.91 Å². The van der Waals surface area contributed by atoms with E-state index in [0.717, 1.165) is 0 Å². The molecule has 0 bridgehead atoms. The molecule has 170 valence electrons. The maximum atomic E-state index is 13.5. The van der Waals surface area contributed by atoms with Crippen LogP contribution in [0.2, 0.25) is 5.02 Å². The summed E-state index contributed by atoms with van der Waals surface area (Å²) in [7, 11) is -1.56. The number of ether oxygens (including phenoxy) is 1. The van der Waals surface area contributed by atoms with Gasteiger partial charge in [-0.2, -0.15) is 5.10 Å². The number of hydrogen-bond acceptors (Lipinski definition) is 6. The van der Waals surface area contributed by atoms with Crippen molar-refractivity contribution in [3.63, 3.8) is 0 Å². The summed E-state index contributed by atoms with van der Waals surface area (Å²) in [5.74, 6) is 0.272. The molecule has 1 aliphatic rings. The Hall–Kier alpha value is -2.62. The second-order valence-electron chi connectivity index (χ2n) is 7.69. The Labute approximate surface area is 191 Å². The van der Waals surface area contributed by atoms with E-state index < -0.39 is 9.84 Å². The number of carbonyl (C=O) groups is 1. The van der Waals surface area contributed by atoms with Crippen molar-refractivity contribution in [3.8, 4) is 17.1 Å². The third-order valence-corrected chi connectivity index (χ3v) is 7.40. The molecule has 4 rings (SSSR count). The van der Waals surface area contributed by atoms with Crippen LogP contribution in [0, 0.1) is 0 Å². The van der Waals surface area contributed by atoms with Gasteiger partial charge < -0.3 is 14.1 Å². The number of hydrogen-bond donors (Lipinski definition) is 0. The van der Waals surface area contributed by atoms with E-state index in [9.17, 15) is 13.2 Å². The number of sulfone groups is 1. The second kappa shape index (κ2) is 9.48. The van der Waals surface area contributed by atoms with Crippen molar-refractivity contribution in [1.29, 1.82) is 0 Å². The van der Waals surface area contributed by atoms with Crippen molar-refractivity contribution in [2.24, 2.45) is 0 Å². The van der Waals surface area contributed by atoms with E-state index >= 15 is 0 Å². The van der Waals surface area contributed by atoms with Gasteiger partial charge in [-0.05, 0) is 43.2 Å². The lowest BCUT2D eigenvalue weighted by Gasteiger charge is -2.27. The van der Waals surface area contributed by atoms with Crippen molar-refractivity contribution >= 4 is 27.3 Å². The van der Waals surface area contributed by atoms with E-state index in [-0.39, 0.29) is 29.1 Å². The van der Waals surface area contributed by atoms with E-state index in [2.05, 4.69) is 5.10 Å². The third kappa shape index (κ3) is 4.90. The van der Waals surface area contributed by atoms with Crippen LogP contribution in [0.1, 0.15) is 23.3 Å². The molecule has 0 radical (unpaired) electrons. The molecule has 0 saturated carbocycles. The van der Waals surface area contributed by atoms with Gasteiger partial charge in [0.05, 0.1) is 23.5 Å². The Bertz CT molecular complexity index is 1190. The highest BCUT2D eigenvalue weighted by molar-refractivity contribution is 7.91. The molecule has 1 aromatic carbocycles. The molecule has 0 aliphatic carbocycles. The average molecular weight is 478 g/mol. The predicted molar refractivity (Wildman–Crippen MR) is 121 cm³/mol. The first-order valence-electron chi connectivity index (χ1n) is 10.3. The Morgan fingerprint density at radius 1 is 1.31 bits per heavy atom. The quantitative estimate of drug-likeness (QED) is 0.461. The summed E-state index contributed by atoms with van der Waals surface area (Å²) in [5, 5.41) is 5.10. The molecule has 1 amide bonds. The van der Waals surface area contributed by atoms with Crippen LogP contribution in [-0.2, 0) is 14.6 Å². The lowest BCUT2D eigenvalue weighted by atomic mass is 10.2. The highest BCUT2D eigenvalue weighted by Gasteiger charge is 2.36. The van der Waals surface area contributed by atoms with Crippen molar-refractivity contribution in [1.82, 2.24) is 14.7 Å². The third-order valence-electron chi connectivity index (χ3n) is 5.41. The number of halogens is 1. The number of furan rings is 1. The van der Waals surface area contributed by atoms with Crippen molar-refractivity contribution in [3.05, 3.63) is 59.4 Å². The summed E-state index contributed by atoms with van der Waals surface area (Å²) in [5.41, 5.74) is 1.48. The number of carbonyl (C=O) groups excluding carboxylic acids is 1. The molecular formula is C22H24ClN3O5S. The molecule has 10 heteroatoms. The van der Waals surface area contributed by atoms with Crippen LogP contribution in [-0.4, -0.2) is 66.8 Å². The lowest BCUT2D eigenvalue weighted by molar-refractivity contribution is 0.0668. The van der Waals surface area contributed by atoms with E-state index in [1.54, 1.807) is 59.4 Å². The van der Waals surface area contributed by atoms with Crippen LogP contribution in [0.25, 0.3) is 17.1 Å². The fourth-order valence-electron chi connectivity index (χ4n) is 3.89. The number of methoxy groups -OCH3 is 1. The van der Waals surface area contributed by atoms with Gasteiger partial charge >= 0.3 is 0 Å². The number of amides is 1. The average Bonchev–Trinajstić information content (AvgIpc) is 3.50. The largest absolute Gasteiger partial charge is 0.463 e. The highest BCUT2D eigenvalue weighted by Crippen LogP contribution is 2.27. The zero-order chi connectivity index (χ0) is 22.7. The normalized spacial score (nSPS) is 17.5. The van der Waals surface area contributed by atoms with Crippen LogP contribution >= 0.6 is 11.6 Å². The van der Waals surface area contributed by atoms with Gasteiger partial charge in [-0.15, -0.1) is 0 Å². The van der Waals surface area contributed by atoms with Gasteiger partial charge in [-0.25, -0.2) is 13.1 Å². The van der Waals surface area contributed by atoms with Crippen LogP contribution < -0.4 is 0 Å². The molecule has 1 fully saturated rings. The zero-order valence-electron chi connectivity index (χ0n) is 17.6. The first-order valence-corrected chi connectivity index (χ1v) is 12.5. The first-order chi connectivity index (χ1) is 15.4. The van der Waals surface area contributed by atoms with Crippen molar-refractivity contribution in [2.75, 3.05) is 31.8 Å². The van der Waals surface area contributed by atoms with Crippen molar-refractivity contribution < 1.29 is 22.4 Å². The number of benzene rings is 1. The molecule has 1 atom stereocenters. The Kier molecular flexibility index (Phi) is 6.68. The molecule has 2 aromatic heterocycles. The minimum Gasteiger partial charge on any atom is -0.463 e. The fraction of sp³-hybridized carbons (Fsp3) is 0.364. The Morgan fingerprint density at radius 3 is 2.81 bits per heavy atom. The van der Waals surface area contributed by atoms with E-state index in [1.807, 2.05) is 6.07 Å². The molecule has 1 unspecified atom stereocenters. The molecule has 8 nitrogen and oxygen atoms in total. The van der Waals surface area contributed by atoms with Crippen LogP contribution in [0.5, 0.6) is 0 Å². The van der Waals surface area contributed by atoms with Gasteiger partial charge in [0.1, 0.15) is 5.69 Å². The number of nitrogens with zero attached hydrogens (tertiary/aromatic N) is 3. The van der Waals surface area contributed by atoms with Gasteiger partial charge in [0.15, 0.2) is 21.3 Å². The number of aromatic nitrogens is 2. The summed E-state index contributed by atoms with van der Waals surface area (Å²) in [6.45, 7) is 0.852. The van der Waals surface area contributed by atoms with Crippen LogP contribution in [0.3, 0.4) is 0 Å². The van der Waals surface area contributed by atoms with Gasteiger partial charge in [-0.3, -0.25) is 4.79 Å². The number of rotatable bonds is 8. The first kappa shape index (κ1) is 22.6. The molecule has 3 heterocycles. The van der Waals surface area contributed by atoms with E-state index in [0.29, 0.717) is 48.2 Å². The molecular weight excluding hydrogens is 454 g/mol. The second-order valence-corrected chi connectivity index (χ2v) is 10.4. The highest BCUT2D eigenvalue weighted by atomic mass is 35.5. The summed E-state index contributed by atoms with van der Waals surface area (Å²) in [6, 6.07) is 12.0. The van der Waals surface area contributed by atoms with Gasteiger partial charge in [-0.1, -0.05) is 17.7 Å². The smallest absolute Gasteiger partial charge is 0.274 e. The monoisotopic (exact) mass is 477 g/mol. The molecule has 0 spiro atoms. The minimum absolute atomic E-state index is 0.0359. The summed E-state index contributed by atoms with van der Waals surface area (Å²) in [4.78, 5) is 15.1. The standard InChI is InChI=1S/C22H24ClN3O5S/c1-30-10-4-9-25(18-8-12-32(28,29)15-18)22(27)19-14-20(21-7-3-11-31-21)26(24-19)17-6-2-5-16(23)13-17/h2-3,5-7,11,13-14,18H,4,8-10,12,15H2,1H3. The SMILES string of the molecule is COCCCN(C(=O)c1cc(-c2ccco2)n(-c2cccc(Cl)c2)n1)C1CCS(=O)(=O)C1. The molecule has 0 N–H and O–H groups in total. The van der Waals surface area contributed by atoms with Gasteiger partial charge in [0.2, 0.25) is 0 Å². The summed E-state index contributed by atoms with van der Waals surface area (Å²) < 4.78 is 36.4. The van der Waals surface area contributed by atoms with E-state index in [1.165, 1.54) is 0 Å². The maximum Gasteiger partial charge on any atom is 0.274 e. The maximum absolute atomic E-state index is 13.5. The Morgan fingerprint density at radius 2 is 2.16 bits per heavy atom. The zero-order valence-corrected chi connectivity index (χ0v) is 19.2. The summed E-state index contributed by atoms with van der Waals surface area (Å²) >= 11 is 6.17. The lowest BCUT2D eigenvalue weighted by Crippen LogP contribution is -2.42.